The molecule has 5 nitrogen and oxygen atoms in total. The summed E-state index contributed by atoms with van der Waals surface area (Å²) in [5, 5.41) is 1.15. The van der Waals surface area contributed by atoms with Crippen LogP contribution in [0.3, 0.4) is 0 Å². The largest absolute Gasteiger partial charge is 0.315 e. The normalized spacial score (nSPS) is 18.9. The molecule has 172 valence electrons. The lowest BCUT2D eigenvalue weighted by atomic mass is 9.99. The van der Waals surface area contributed by atoms with Crippen molar-refractivity contribution in [3.05, 3.63) is 80.5 Å². The molecule has 0 saturated heterocycles. The van der Waals surface area contributed by atoms with Crippen molar-refractivity contribution < 1.29 is 13.6 Å². The minimum Gasteiger partial charge on any atom is -0.315 e. The number of carbonyl (C=O) groups is 1. The van der Waals surface area contributed by atoms with Gasteiger partial charge in [0.15, 0.2) is 0 Å². The molecule has 3 heterocycles. The Morgan fingerprint density at radius 2 is 1.79 bits per heavy atom. The Kier molecular flexibility index (Phi) is 6.12. The van der Waals surface area contributed by atoms with Crippen molar-refractivity contribution >= 4 is 35.1 Å². The van der Waals surface area contributed by atoms with Crippen LogP contribution < -0.4 is 0 Å². The Labute approximate surface area is 200 Å². The molecular weight excluding hydrogens is 469 g/mol. The molecule has 0 spiro atoms. The Balaban J connectivity index is 1.43. The molecule has 0 saturated carbocycles. The second kappa shape index (κ2) is 9.05. The molecule has 0 radical (unpaired) electrons. The van der Waals surface area contributed by atoms with Gasteiger partial charge in [-0.2, -0.15) is 0 Å². The number of fused-ring (bicyclic) bond motifs is 2. The first-order valence-electron chi connectivity index (χ1n) is 10.9. The van der Waals surface area contributed by atoms with Crippen molar-refractivity contribution in [1.82, 2.24) is 14.7 Å². The zero-order valence-corrected chi connectivity index (χ0v) is 19.3. The molecule has 1 amide bonds. The van der Waals surface area contributed by atoms with Crippen molar-refractivity contribution in [3.63, 3.8) is 0 Å². The zero-order valence-electron chi connectivity index (χ0n) is 17.8. The van der Waals surface area contributed by atoms with Crippen molar-refractivity contribution in [2.24, 2.45) is 4.99 Å². The monoisotopic (exact) mass is 490 g/mol. The number of amides is 1. The first kappa shape index (κ1) is 22.3. The van der Waals surface area contributed by atoms with Crippen molar-refractivity contribution in [2.75, 3.05) is 26.2 Å². The number of hydrogen-bond donors (Lipinski definition) is 0. The van der Waals surface area contributed by atoms with Gasteiger partial charge in [-0.25, -0.2) is 8.78 Å². The van der Waals surface area contributed by atoms with E-state index in [1.165, 1.54) is 17.0 Å². The van der Waals surface area contributed by atoms with Gasteiger partial charge in [-0.3, -0.25) is 19.6 Å². The highest BCUT2D eigenvalue weighted by Crippen LogP contribution is 2.32. The Morgan fingerprint density at radius 1 is 1.00 bits per heavy atom. The SMILES string of the molecule is O=C1C2=C(CCN(Cc3cc(Cl)cc(Cl)c3)C2)N2CCCN=C2N1Cc1ccc(F)cc1F. The second-order valence-electron chi connectivity index (χ2n) is 8.48. The van der Waals surface area contributed by atoms with Gasteiger partial charge < -0.3 is 4.90 Å². The summed E-state index contributed by atoms with van der Waals surface area (Å²) in [5.74, 6) is -0.941. The van der Waals surface area contributed by atoms with E-state index < -0.39 is 11.6 Å². The van der Waals surface area contributed by atoms with Crippen LogP contribution in [0.1, 0.15) is 24.0 Å². The highest BCUT2D eigenvalue weighted by Gasteiger charge is 2.40. The average Bonchev–Trinajstić information content (AvgIpc) is 2.77. The van der Waals surface area contributed by atoms with Gasteiger partial charge in [0.1, 0.15) is 11.6 Å². The molecule has 0 N–H and O–H groups in total. The van der Waals surface area contributed by atoms with Gasteiger partial charge >= 0.3 is 0 Å². The van der Waals surface area contributed by atoms with Crippen LogP contribution in [0.15, 0.2) is 52.7 Å². The van der Waals surface area contributed by atoms with Crippen LogP contribution in [-0.4, -0.2) is 52.7 Å². The average molecular weight is 491 g/mol. The smallest absolute Gasteiger partial charge is 0.259 e. The van der Waals surface area contributed by atoms with E-state index in [1.54, 1.807) is 6.07 Å². The van der Waals surface area contributed by atoms with Crippen LogP contribution in [0.25, 0.3) is 0 Å². The number of rotatable bonds is 4. The molecule has 5 rings (SSSR count). The first-order valence-corrected chi connectivity index (χ1v) is 11.6. The quantitative estimate of drug-likeness (QED) is 0.615. The third-order valence-corrected chi connectivity index (χ3v) is 6.61. The van der Waals surface area contributed by atoms with Crippen LogP contribution in [0, 0.1) is 11.6 Å². The standard InChI is InChI=1S/C24H22Cl2F2N4O/c25-17-8-15(9-18(26)10-17)12-30-7-4-22-20(14-30)23(33)32(24-29-5-1-6-31(22)24)13-16-2-3-19(27)11-21(16)28/h2-3,8-11H,1,4-7,12-14H2. The number of carbonyl (C=O) groups excluding carboxylic acids is 1. The summed E-state index contributed by atoms with van der Waals surface area (Å²) in [6, 6.07) is 8.87. The molecule has 33 heavy (non-hydrogen) atoms. The third kappa shape index (κ3) is 4.50. The molecule has 3 aliphatic rings. The summed E-state index contributed by atoms with van der Waals surface area (Å²) in [7, 11) is 0. The Hall–Kier alpha value is -2.48. The molecule has 9 heteroatoms. The highest BCUT2D eigenvalue weighted by molar-refractivity contribution is 6.34. The number of guanidine groups is 1. The minimum absolute atomic E-state index is 0.000954. The lowest BCUT2D eigenvalue weighted by molar-refractivity contribution is -0.125. The molecule has 0 aliphatic carbocycles. The van der Waals surface area contributed by atoms with Gasteiger partial charge in [-0.15, -0.1) is 0 Å². The molecule has 3 aliphatic heterocycles. The summed E-state index contributed by atoms with van der Waals surface area (Å²) in [5.41, 5.74) is 2.92. The molecule has 0 fully saturated rings. The highest BCUT2D eigenvalue weighted by atomic mass is 35.5. The number of hydrogen-bond acceptors (Lipinski definition) is 4. The minimum atomic E-state index is -0.673. The predicted molar refractivity (Wildman–Crippen MR) is 124 cm³/mol. The van der Waals surface area contributed by atoms with Crippen molar-refractivity contribution in [1.29, 1.82) is 0 Å². The van der Waals surface area contributed by atoms with Gasteiger partial charge in [-0.1, -0.05) is 29.3 Å². The van der Waals surface area contributed by atoms with Gasteiger partial charge in [-0.05, 0) is 36.2 Å². The second-order valence-corrected chi connectivity index (χ2v) is 9.35. The van der Waals surface area contributed by atoms with Crippen LogP contribution in [0.5, 0.6) is 0 Å². The van der Waals surface area contributed by atoms with Crippen molar-refractivity contribution in [3.8, 4) is 0 Å². The maximum Gasteiger partial charge on any atom is 0.259 e. The van der Waals surface area contributed by atoms with Gasteiger partial charge in [0.25, 0.3) is 5.91 Å². The van der Waals surface area contributed by atoms with Gasteiger partial charge in [0.2, 0.25) is 5.96 Å². The van der Waals surface area contributed by atoms with Gasteiger partial charge in [0.05, 0.1) is 12.1 Å². The first-order chi connectivity index (χ1) is 15.9. The molecular formula is C24H22Cl2F2N4O. The molecule has 2 aromatic rings. The summed E-state index contributed by atoms with van der Waals surface area (Å²) >= 11 is 12.3. The maximum absolute atomic E-state index is 14.4. The Morgan fingerprint density at radius 3 is 2.55 bits per heavy atom. The molecule has 0 aromatic heterocycles. The molecule has 0 bridgehead atoms. The van der Waals surface area contributed by atoms with Crippen LogP contribution >= 0.6 is 23.2 Å². The topological polar surface area (TPSA) is 39.2 Å². The fraction of sp³-hybridized carbons (Fsp3) is 0.333. The number of nitrogens with zero attached hydrogens (tertiary/aromatic N) is 4. The molecule has 2 aromatic carbocycles. The van der Waals surface area contributed by atoms with Crippen LogP contribution in [0.2, 0.25) is 10.0 Å². The fourth-order valence-electron chi connectivity index (χ4n) is 4.69. The summed E-state index contributed by atoms with van der Waals surface area (Å²) in [4.78, 5) is 24.0. The van der Waals surface area contributed by atoms with Gasteiger partial charge in [0, 0.05) is 66.5 Å². The summed E-state index contributed by atoms with van der Waals surface area (Å²) < 4.78 is 27.8. The number of halogens is 4. The molecule has 0 atom stereocenters. The summed E-state index contributed by atoms with van der Waals surface area (Å²) in [6.07, 6.45) is 1.60. The fourth-order valence-corrected chi connectivity index (χ4v) is 5.26. The number of benzene rings is 2. The zero-order chi connectivity index (χ0) is 23.1. The maximum atomic E-state index is 14.4. The summed E-state index contributed by atoms with van der Waals surface area (Å²) in [6.45, 7) is 3.24. The third-order valence-electron chi connectivity index (χ3n) is 6.17. The van der Waals surface area contributed by atoms with E-state index in [4.69, 9.17) is 23.2 Å². The van der Waals surface area contributed by atoms with E-state index in [0.717, 1.165) is 36.8 Å². The van der Waals surface area contributed by atoms with E-state index in [0.29, 0.717) is 47.6 Å². The lowest BCUT2D eigenvalue weighted by Crippen LogP contribution is -2.56. The lowest BCUT2D eigenvalue weighted by Gasteiger charge is -2.45. The van der Waals surface area contributed by atoms with E-state index in [9.17, 15) is 13.6 Å². The van der Waals surface area contributed by atoms with E-state index in [1.807, 2.05) is 12.1 Å². The van der Waals surface area contributed by atoms with Crippen molar-refractivity contribution in [2.45, 2.75) is 25.9 Å². The van der Waals surface area contributed by atoms with E-state index in [2.05, 4.69) is 14.8 Å². The number of aliphatic imine (C=N–C) groups is 1. The van der Waals surface area contributed by atoms with Crippen LogP contribution in [0.4, 0.5) is 8.78 Å². The van der Waals surface area contributed by atoms with E-state index in [-0.39, 0.29) is 18.0 Å². The Bertz CT molecular complexity index is 1160. The van der Waals surface area contributed by atoms with Crippen LogP contribution in [-0.2, 0) is 17.9 Å². The van der Waals surface area contributed by atoms with E-state index >= 15 is 0 Å². The molecule has 0 unspecified atom stereocenters. The predicted octanol–water partition coefficient (Wildman–Crippen LogP) is 4.84.